The fourth-order valence-electron chi connectivity index (χ4n) is 2.16. The maximum atomic E-state index is 12.9. The molecule has 1 aliphatic carbocycles. The van der Waals surface area contributed by atoms with Gasteiger partial charge in [0.15, 0.2) is 0 Å². The van der Waals surface area contributed by atoms with Crippen LogP contribution in [0.2, 0.25) is 0 Å². The lowest BCUT2D eigenvalue weighted by molar-refractivity contribution is 0.0532. The largest absolute Gasteiger partial charge is 0.378 e. The molecule has 1 fully saturated rings. The van der Waals surface area contributed by atoms with Crippen molar-refractivity contribution in [3.63, 3.8) is 0 Å². The summed E-state index contributed by atoms with van der Waals surface area (Å²) < 4.78 is 12.9. The summed E-state index contributed by atoms with van der Waals surface area (Å²) in [5.41, 5.74) is 5.39. The maximum absolute atomic E-state index is 12.9. The number of hydrogen-bond acceptors (Lipinski definition) is 2. The van der Waals surface area contributed by atoms with Gasteiger partial charge in [0.2, 0.25) is 0 Å². The Morgan fingerprint density at radius 2 is 2.29 bits per heavy atom. The molecule has 0 aliphatic heterocycles. The minimum atomic E-state index is -1.01. The van der Waals surface area contributed by atoms with Crippen LogP contribution in [-0.2, 0) is 0 Å². The Kier molecular flexibility index (Phi) is 3.46. The van der Waals surface area contributed by atoms with Crippen LogP contribution >= 0.6 is 0 Å². The van der Waals surface area contributed by atoms with E-state index < -0.39 is 5.60 Å². The smallest absolute Gasteiger partial charge is 0.127 e. The highest BCUT2D eigenvalue weighted by Crippen LogP contribution is 2.26. The van der Waals surface area contributed by atoms with Crippen molar-refractivity contribution in [3.8, 4) is 11.8 Å². The quantitative estimate of drug-likeness (QED) is 0.671. The second-order valence-corrected chi connectivity index (χ2v) is 4.65. The highest BCUT2D eigenvalue weighted by molar-refractivity contribution is 5.36. The van der Waals surface area contributed by atoms with Gasteiger partial charge < -0.3 is 10.8 Å². The molecule has 0 unspecified atom stereocenters. The molecule has 1 aliphatic rings. The molecule has 0 aromatic heterocycles. The Morgan fingerprint density at radius 1 is 1.47 bits per heavy atom. The van der Waals surface area contributed by atoms with Crippen molar-refractivity contribution in [3.05, 3.63) is 35.6 Å². The summed E-state index contributed by atoms with van der Waals surface area (Å²) in [5.74, 6) is 5.34. The third-order valence-electron chi connectivity index (χ3n) is 3.03. The third kappa shape index (κ3) is 3.29. The maximum Gasteiger partial charge on any atom is 0.127 e. The van der Waals surface area contributed by atoms with E-state index in [0.29, 0.717) is 18.4 Å². The molecule has 1 saturated carbocycles. The first-order valence-corrected chi connectivity index (χ1v) is 5.84. The van der Waals surface area contributed by atoms with Crippen LogP contribution in [-0.4, -0.2) is 16.7 Å². The summed E-state index contributed by atoms with van der Waals surface area (Å²) in [4.78, 5) is 0. The molecule has 3 heteroatoms. The van der Waals surface area contributed by atoms with Gasteiger partial charge in [-0.1, -0.05) is 17.9 Å². The molecule has 0 radical (unpaired) electrons. The zero-order chi connectivity index (χ0) is 12.3. The van der Waals surface area contributed by atoms with Crippen molar-refractivity contribution in [1.82, 2.24) is 0 Å². The predicted molar refractivity (Wildman–Crippen MR) is 64.7 cm³/mol. The van der Waals surface area contributed by atoms with Crippen molar-refractivity contribution in [2.75, 3.05) is 0 Å². The van der Waals surface area contributed by atoms with Gasteiger partial charge in [0.25, 0.3) is 0 Å². The SMILES string of the molecule is N[C@H]1CCC[C@@](O)(C#Cc2cccc(F)c2)C1. The summed E-state index contributed by atoms with van der Waals surface area (Å²) in [6.45, 7) is 0. The Hall–Kier alpha value is -1.37. The molecular formula is C14H16FNO. The van der Waals surface area contributed by atoms with E-state index in [9.17, 15) is 9.50 Å². The number of nitrogens with two attached hydrogens (primary N) is 1. The van der Waals surface area contributed by atoms with E-state index >= 15 is 0 Å². The van der Waals surface area contributed by atoms with Crippen molar-refractivity contribution in [2.45, 2.75) is 37.3 Å². The topological polar surface area (TPSA) is 46.2 Å². The van der Waals surface area contributed by atoms with Crippen molar-refractivity contribution >= 4 is 0 Å². The minimum Gasteiger partial charge on any atom is -0.378 e. The summed E-state index contributed by atoms with van der Waals surface area (Å²) >= 11 is 0. The molecule has 3 N–H and O–H groups in total. The first-order valence-electron chi connectivity index (χ1n) is 5.84. The highest BCUT2D eigenvalue weighted by atomic mass is 19.1. The molecule has 2 atom stereocenters. The number of hydrogen-bond donors (Lipinski definition) is 2. The van der Waals surface area contributed by atoms with Crippen LogP contribution in [0.15, 0.2) is 24.3 Å². The molecule has 17 heavy (non-hydrogen) atoms. The van der Waals surface area contributed by atoms with Crippen molar-refractivity contribution in [1.29, 1.82) is 0 Å². The number of aliphatic hydroxyl groups is 1. The van der Waals surface area contributed by atoms with E-state index in [1.807, 2.05) is 0 Å². The van der Waals surface area contributed by atoms with Crippen molar-refractivity contribution in [2.24, 2.45) is 5.73 Å². The van der Waals surface area contributed by atoms with E-state index in [1.165, 1.54) is 12.1 Å². The molecule has 0 amide bonds. The van der Waals surface area contributed by atoms with Gasteiger partial charge in [0, 0.05) is 18.0 Å². The van der Waals surface area contributed by atoms with Gasteiger partial charge >= 0.3 is 0 Å². The lowest BCUT2D eigenvalue weighted by Crippen LogP contribution is -2.40. The average Bonchev–Trinajstić information content (AvgIpc) is 2.26. The highest BCUT2D eigenvalue weighted by Gasteiger charge is 2.30. The lowest BCUT2D eigenvalue weighted by atomic mass is 9.82. The third-order valence-corrected chi connectivity index (χ3v) is 3.03. The zero-order valence-electron chi connectivity index (χ0n) is 9.62. The molecule has 0 spiro atoms. The number of rotatable bonds is 0. The summed E-state index contributed by atoms with van der Waals surface area (Å²) in [7, 11) is 0. The normalized spacial score (nSPS) is 28.3. The monoisotopic (exact) mass is 233 g/mol. The molecule has 2 rings (SSSR count). The van der Waals surface area contributed by atoms with E-state index in [2.05, 4.69) is 11.8 Å². The first-order chi connectivity index (χ1) is 8.07. The summed E-state index contributed by atoms with van der Waals surface area (Å²) in [6, 6.07) is 6.07. The molecular weight excluding hydrogens is 217 g/mol. The van der Waals surface area contributed by atoms with Crippen molar-refractivity contribution < 1.29 is 9.50 Å². The first kappa shape index (κ1) is 12.1. The lowest BCUT2D eigenvalue weighted by Gasteiger charge is -2.30. The molecule has 0 bridgehead atoms. The minimum absolute atomic E-state index is 0.00978. The number of benzene rings is 1. The van der Waals surface area contributed by atoms with Crippen LogP contribution in [0.5, 0.6) is 0 Å². The van der Waals surface area contributed by atoms with E-state index in [1.54, 1.807) is 12.1 Å². The van der Waals surface area contributed by atoms with Crippen LogP contribution in [0, 0.1) is 17.7 Å². The Bertz CT molecular complexity index is 463. The van der Waals surface area contributed by atoms with Gasteiger partial charge in [-0.15, -0.1) is 0 Å². The fourth-order valence-corrected chi connectivity index (χ4v) is 2.16. The summed E-state index contributed by atoms with van der Waals surface area (Å²) in [6.07, 6.45) is 2.96. The van der Waals surface area contributed by atoms with Gasteiger partial charge in [-0.3, -0.25) is 0 Å². The number of halogens is 1. The van der Waals surface area contributed by atoms with Gasteiger partial charge in [0.05, 0.1) is 0 Å². The predicted octanol–water partition coefficient (Wildman–Crippen LogP) is 1.81. The van der Waals surface area contributed by atoms with Gasteiger partial charge in [-0.25, -0.2) is 4.39 Å². The van der Waals surface area contributed by atoms with Gasteiger partial charge in [0.1, 0.15) is 11.4 Å². The van der Waals surface area contributed by atoms with Gasteiger partial charge in [-0.2, -0.15) is 0 Å². The second-order valence-electron chi connectivity index (χ2n) is 4.65. The van der Waals surface area contributed by atoms with E-state index in [0.717, 1.165) is 12.8 Å². The summed E-state index contributed by atoms with van der Waals surface area (Å²) in [5, 5.41) is 10.2. The second kappa shape index (κ2) is 4.87. The van der Waals surface area contributed by atoms with Crippen LogP contribution in [0.4, 0.5) is 4.39 Å². The van der Waals surface area contributed by atoms with Crippen LogP contribution in [0.1, 0.15) is 31.2 Å². The Labute approximate surface area is 101 Å². The van der Waals surface area contributed by atoms with Gasteiger partial charge in [-0.05, 0) is 37.5 Å². The standard InChI is InChI=1S/C14H16FNO/c15-12-4-1-3-11(9-12)6-8-14(17)7-2-5-13(16)10-14/h1,3-4,9,13,17H,2,5,7,10,16H2/t13-,14+/m0/s1. The molecule has 1 aromatic rings. The van der Waals surface area contributed by atoms with E-state index in [-0.39, 0.29) is 11.9 Å². The van der Waals surface area contributed by atoms with Crippen LogP contribution < -0.4 is 5.73 Å². The molecule has 90 valence electrons. The van der Waals surface area contributed by atoms with Crippen LogP contribution in [0.3, 0.4) is 0 Å². The fraction of sp³-hybridized carbons (Fsp3) is 0.429. The molecule has 2 nitrogen and oxygen atoms in total. The molecule has 1 aromatic carbocycles. The molecule has 0 heterocycles. The average molecular weight is 233 g/mol. The Morgan fingerprint density at radius 3 is 3.00 bits per heavy atom. The van der Waals surface area contributed by atoms with E-state index in [4.69, 9.17) is 5.73 Å². The zero-order valence-corrected chi connectivity index (χ0v) is 9.62. The molecule has 0 saturated heterocycles. The Balaban J connectivity index is 2.15. The van der Waals surface area contributed by atoms with Crippen LogP contribution in [0.25, 0.3) is 0 Å².